The largest absolute Gasteiger partial charge is 0.452 e. The molecule has 26 heavy (non-hydrogen) atoms. The maximum absolute atomic E-state index is 12.2. The molecule has 0 saturated heterocycles. The minimum atomic E-state index is -0.575. The van der Waals surface area contributed by atoms with Crippen LogP contribution in [0.25, 0.3) is 11.0 Å². The van der Waals surface area contributed by atoms with Crippen molar-refractivity contribution in [3.05, 3.63) is 53.1 Å². The van der Waals surface area contributed by atoms with Crippen LogP contribution in [0.5, 0.6) is 0 Å². The molecule has 1 heterocycles. The number of benzene rings is 2. The van der Waals surface area contributed by atoms with E-state index in [0.717, 1.165) is 16.6 Å². The Hall–Kier alpha value is -3.22. The van der Waals surface area contributed by atoms with E-state index in [0.29, 0.717) is 23.3 Å². The smallest absolute Gasteiger partial charge is 0.338 e. The lowest BCUT2D eigenvalue weighted by atomic mass is 10.1. The third-order valence-corrected chi connectivity index (χ3v) is 3.89. The Kier molecular flexibility index (Phi) is 4.97. The summed E-state index contributed by atoms with van der Waals surface area (Å²) in [4.78, 5) is 24.2. The zero-order chi connectivity index (χ0) is 18.7. The van der Waals surface area contributed by atoms with Crippen LogP contribution in [0.4, 0.5) is 5.69 Å². The van der Waals surface area contributed by atoms with Crippen LogP contribution >= 0.6 is 0 Å². The lowest BCUT2D eigenvalue weighted by Gasteiger charge is -2.08. The lowest BCUT2D eigenvalue weighted by Crippen LogP contribution is -2.21. The second kappa shape index (κ2) is 7.35. The van der Waals surface area contributed by atoms with E-state index >= 15 is 0 Å². The first kappa shape index (κ1) is 17.6. The molecule has 0 bridgehead atoms. The fourth-order valence-electron chi connectivity index (χ4n) is 2.79. The zero-order valence-corrected chi connectivity index (χ0v) is 14.9. The Morgan fingerprint density at radius 2 is 1.85 bits per heavy atom. The van der Waals surface area contributed by atoms with Crippen molar-refractivity contribution >= 4 is 28.6 Å². The minimum absolute atomic E-state index is 0.333. The van der Waals surface area contributed by atoms with E-state index in [2.05, 4.69) is 15.6 Å². The first-order chi connectivity index (χ1) is 12.5. The average molecular weight is 352 g/mol. The highest BCUT2D eigenvalue weighted by atomic mass is 16.5. The predicted molar refractivity (Wildman–Crippen MR) is 98.0 cm³/mol. The van der Waals surface area contributed by atoms with Gasteiger partial charge in [0.05, 0.1) is 11.1 Å². The molecule has 1 aromatic heterocycles. The van der Waals surface area contributed by atoms with E-state index in [1.807, 2.05) is 39.0 Å². The van der Waals surface area contributed by atoms with Crippen LogP contribution in [0.1, 0.15) is 28.4 Å². The first-order valence-electron chi connectivity index (χ1n) is 8.35. The first-order valence-corrected chi connectivity index (χ1v) is 8.35. The number of anilines is 1. The summed E-state index contributed by atoms with van der Waals surface area (Å²) >= 11 is 0. The summed E-state index contributed by atoms with van der Waals surface area (Å²) in [7, 11) is 0. The quantitative estimate of drug-likeness (QED) is 0.714. The van der Waals surface area contributed by atoms with Gasteiger partial charge in [-0.05, 0) is 62.2 Å². The van der Waals surface area contributed by atoms with Crippen LogP contribution in [-0.2, 0) is 16.1 Å². The van der Waals surface area contributed by atoms with Crippen molar-refractivity contribution in [3.63, 3.8) is 0 Å². The number of carbonyl (C=O) groups excluding carboxylic acids is 2. The Bertz CT molecular complexity index is 958. The van der Waals surface area contributed by atoms with Gasteiger partial charge in [0.25, 0.3) is 5.91 Å². The average Bonchev–Trinajstić information content (AvgIpc) is 3.01. The Balaban J connectivity index is 1.62. The molecule has 1 N–H and O–H groups in total. The number of hydrogen-bond donors (Lipinski definition) is 1. The molecule has 7 nitrogen and oxygen atoms in total. The second-order valence-corrected chi connectivity index (χ2v) is 6.11. The van der Waals surface area contributed by atoms with Gasteiger partial charge in [-0.1, -0.05) is 11.3 Å². The highest BCUT2D eigenvalue weighted by Crippen LogP contribution is 2.15. The van der Waals surface area contributed by atoms with Crippen molar-refractivity contribution in [2.24, 2.45) is 0 Å². The summed E-state index contributed by atoms with van der Waals surface area (Å²) in [5.74, 6) is -0.963. The van der Waals surface area contributed by atoms with E-state index in [-0.39, 0.29) is 12.5 Å². The molecule has 134 valence electrons. The fourth-order valence-corrected chi connectivity index (χ4v) is 2.79. The van der Waals surface area contributed by atoms with Gasteiger partial charge in [-0.2, -0.15) is 0 Å². The van der Waals surface area contributed by atoms with Crippen LogP contribution < -0.4 is 5.32 Å². The number of carbonyl (C=O) groups is 2. The molecule has 0 fully saturated rings. The second-order valence-electron chi connectivity index (χ2n) is 6.11. The zero-order valence-electron chi connectivity index (χ0n) is 14.9. The topological polar surface area (TPSA) is 86.1 Å². The predicted octanol–water partition coefficient (Wildman–Crippen LogP) is 2.86. The van der Waals surface area contributed by atoms with Crippen molar-refractivity contribution in [1.29, 1.82) is 0 Å². The number of fused-ring (bicyclic) bond motifs is 1. The number of hydrogen-bond acceptors (Lipinski definition) is 5. The summed E-state index contributed by atoms with van der Waals surface area (Å²) in [5.41, 5.74) is 4.56. The Morgan fingerprint density at radius 3 is 2.54 bits per heavy atom. The SMILES string of the molecule is CCn1nnc2cc(C(=O)OCC(=O)Nc3cc(C)cc(C)c3)ccc21. The number of nitrogens with zero attached hydrogens (tertiary/aromatic N) is 3. The summed E-state index contributed by atoms with van der Waals surface area (Å²) in [6, 6.07) is 10.8. The molecular formula is C19H20N4O3. The number of ether oxygens (including phenoxy) is 1. The molecule has 0 saturated carbocycles. The van der Waals surface area contributed by atoms with Crippen LogP contribution in [-0.4, -0.2) is 33.5 Å². The number of rotatable bonds is 5. The van der Waals surface area contributed by atoms with Crippen LogP contribution in [0.2, 0.25) is 0 Å². The van der Waals surface area contributed by atoms with Gasteiger partial charge in [-0.15, -0.1) is 5.10 Å². The van der Waals surface area contributed by atoms with Crippen molar-refractivity contribution in [3.8, 4) is 0 Å². The fraction of sp³-hybridized carbons (Fsp3) is 0.263. The molecule has 7 heteroatoms. The molecule has 0 unspecified atom stereocenters. The molecule has 2 aromatic carbocycles. The van der Waals surface area contributed by atoms with E-state index < -0.39 is 5.97 Å². The highest BCUT2D eigenvalue weighted by molar-refractivity contribution is 5.97. The van der Waals surface area contributed by atoms with Gasteiger partial charge >= 0.3 is 5.97 Å². The number of esters is 1. The van der Waals surface area contributed by atoms with Gasteiger partial charge in [0.1, 0.15) is 5.52 Å². The molecule has 0 spiro atoms. The molecular weight excluding hydrogens is 332 g/mol. The van der Waals surface area contributed by atoms with Crippen molar-refractivity contribution < 1.29 is 14.3 Å². The molecule has 0 radical (unpaired) electrons. The van der Waals surface area contributed by atoms with Gasteiger partial charge in [0, 0.05) is 12.2 Å². The molecule has 0 aliphatic heterocycles. The van der Waals surface area contributed by atoms with Gasteiger partial charge < -0.3 is 10.1 Å². The Morgan fingerprint density at radius 1 is 1.12 bits per heavy atom. The van der Waals surface area contributed by atoms with Gasteiger partial charge in [-0.25, -0.2) is 9.48 Å². The number of aromatic nitrogens is 3. The summed E-state index contributed by atoms with van der Waals surface area (Å²) < 4.78 is 6.84. The van der Waals surface area contributed by atoms with Crippen LogP contribution in [0.3, 0.4) is 0 Å². The van der Waals surface area contributed by atoms with Gasteiger partial charge in [-0.3, -0.25) is 4.79 Å². The van der Waals surface area contributed by atoms with Crippen LogP contribution in [0.15, 0.2) is 36.4 Å². The standard InChI is InChI=1S/C19H20N4O3/c1-4-23-17-6-5-14(10-16(17)21-22-23)19(25)26-11-18(24)20-15-8-12(2)7-13(3)9-15/h5-10H,4,11H2,1-3H3,(H,20,24). The van der Waals surface area contributed by atoms with Gasteiger partial charge in [0.15, 0.2) is 6.61 Å². The molecule has 3 rings (SSSR count). The van der Waals surface area contributed by atoms with Crippen LogP contribution in [0, 0.1) is 13.8 Å². The third kappa shape index (κ3) is 3.88. The Labute approximate surface area is 151 Å². The van der Waals surface area contributed by atoms with Crippen molar-refractivity contribution in [2.75, 3.05) is 11.9 Å². The third-order valence-electron chi connectivity index (χ3n) is 3.89. The maximum Gasteiger partial charge on any atom is 0.338 e. The highest BCUT2D eigenvalue weighted by Gasteiger charge is 2.13. The normalized spacial score (nSPS) is 10.7. The van der Waals surface area contributed by atoms with Gasteiger partial charge in [0.2, 0.25) is 0 Å². The molecule has 1 amide bonds. The molecule has 0 atom stereocenters. The van der Waals surface area contributed by atoms with E-state index in [1.165, 1.54) is 0 Å². The lowest BCUT2D eigenvalue weighted by molar-refractivity contribution is -0.119. The minimum Gasteiger partial charge on any atom is -0.452 e. The van der Waals surface area contributed by atoms with E-state index in [9.17, 15) is 9.59 Å². The monoisotopic (exact) mass is 352 g/mol. The summed E-state index contributed by atoms with van der Waals surface area (Å²) in [6.07, 6.45) is 0. The van der Waals surface area contributed by atoms with E-state index in [1.54, 1.807) is 22.9 Å². The maximum atomic E-state index is 12.2. The molecule has 0 aliphatic carbocycles. The van der Waals surface area contributed by atoms with Crippen molar-refractivity contribution in [1.82, 2.24) is 15.0 Å². The summed E-state index contributed by atoms with van der Waals surface area (Å²) in [6.45, 7) is 6.20. The number of nitrogens with one attached hydrogen (secondary N) is 1. The van der Waals surface area contributed by atoms with E-state index in [4.69, 9.17) is 4.74 Å². The number of amides is 1. The van der Waals surface area contributed by atoms with Crippen molar-refractivity contribution in [2.45, 2.75) is 27.3 Å². The molecule has 3 aromatic rings. The summed E-state index contributed by atoms with van der Waals surface area (Å²) in [5, 5.41) is 10.8. The number of aryl methyl sites for hydroxylation is 3. The molecule has 0 aliphatic rings.